The number of hydrogen-bond acceptors (Lipinski definition) is 6. The van der Waals surface area contributed by atoms with Crippen LogP contribution in [0.15, 0.2) is 60.7 Å². The van der Waals surface area contributed by atoms with Gasteiger partial charge >= 0.3 is 0 Å². The number of carbonyl (C=O) groups is 1. The average molecular weight is 390 g/mol. The van der Waals surface area contributed by atoms with Crippen molar-refractivity contribution in [1.82, 2.24) is 14.9 Å². The van der Waals surface area contributed by atoms with Crippen LogP contribution in [0.2, 0.25) is 0 Å². The quantitative estimate of drug-likeness (QED) is 0.416. The maximum atomic E-state index is 11.5. The fraction of sp³-hybridized carbons (Fsp3) is 0.261. The Hall–Kier alpha value is -3.25. The third-order valence-electron chi connectivity index (χ3n) is 4.41. The predicted molar refractivity (Wildman–Crippen MR) is 119 cm³/mol. The van der Waals surface area contributed by atoms with Gasteiger partial charge in [0.1, 0.15) is 11.6 Å². The first-order valence-corrected chi connectivity index (χ1v) is 9.72. The van der Waals surface area contributed by atoms with Crippen LogP contribution in [-0.2, 0) is 0 Å². The third-order valence-corrected chi connectivity index (χ3v) is 4.41. The molecule has 0 radical (unpaired) electrons. The normalized spacial score (nSPS) is 10.8. The molecule has 3 rings (SSSR count). The van der Waals surface area contributed by atoms with Gasteiger partial charge in [-0.3, -0.25) is 4.79 Å². The van der Waals surface area contributed by atoms with Gasteiger partial charge in [-0.1, -0.05) is 30.3 Å². The number of nitrogens with zero attached hydrogens (tertiary/aromatic N) is 3. The number of rotatable bonds is 9. The molecule has 0 saturated heterocycles. The van der Waals surface area contributed by atoms with Gasteiger partial charge < -0.3 is 15.5 Å². The van der Waals surface area contributed by atoms with Crippen LogP contribution < -0.4 is 10.6 Å². The maximum absolute atomic E-state index is 11.5. The minimum atomic E-state index is 0.0501. The molecule has 0 amide bonds. The average Bonchev–Trinajstić information content (AvgIpc) is 2.72. The van der Waals surface area contributed by atoms with Crippen molar-refractivity contribution in [3.63, 3.8) is 0 Å². The van der Waals surface area contributed by atoms with Gasteiger partial charge in [-0.2, -0.15) is 0 Å². The van der Waals surface area contributed by atoms with E-state index in [4.69, 9.17) is 0 Å². The Balaban J connectivity index is 1.82. The number of carbonyl (C=O) groups excluding carboxylic acids is 1. The zero-order chi connectivity index (χ0) is 20.6. The molecule has 0 aliphatic rings. The first-order valence-electron chi connectivity index (χ1n) is 9.72. The summed E-state index contributed by atoms with van der Waals surface area (Å²) in [6.07, 6.45) is 1.02. The van der Waals surface area contributed by atoms with E-state index in [1.807, 2.05) is 60.7 Å². The predicted octanol–water partition coefficient (Wildman–Crippen LogP) is 4.45. The molecule has 0 spiro atoms. The van der Waals surface area contributed by atoms with Gasteiger partial charge in [-0.05, 0) is 58.3 Å². The van der Waals surface area contributed by atoms with Crippen LogP contribution in [0.5, 0.6) is 0 Å². The van der Waals surface area contributed by atoms with Crippen LogP contribution in [0.25, 0.3) is 11.4 Å². The summed E-state index contributed by atoms with van der Waals surface area (Å²) in [5, 5.41) is 6.72. The molecular weight excluding hydrogens is 362 g/mol. The third kappa shape index (κ3) is 6.12. The van der Waals surface area contributed by atoms with Gasteiger partial charge in [-0.25, -0.2) is 9.97 Å². The first-order chi connectivity index (χ1) is 14.0. The van der Waals surface area contributed by atoms with E-state index in [0.29, 0.717) is 17.2 Å². The van der Waals surface area contributed by atoms with Gasteiger partial charge in [-0.15, -0.1) is 0 Å². The molecule has 0 aliphatic carbocycles. The fourth-order valence-corrected chi connectivity index (χ4v) is 2.87. The Morgan fingerprint density at radius 3 is 2.31 bits per heavy atom. The highest BCUT2D eigenvalue weighted by molar-refractivity contribution is 5.94. The summed E-state index contributed by atoms with van der Waals surface area (Å²) in [5.41, 5.74) is 2.51. The molecule has 1 aromatic heterocycles. The maximum Gasteiger partial charge on any atom is 0.163 e. The van der Waals surface area contributed by atoms with E-state index in [1.54, 1.807) is 6.92 Å². The largest absolute Gasteiger partial charge is 0.370 e. The second kappa shape index (κ2) is 9.80. The van der Waals surface area contributed by atoms with Crippen LogP contribution in [0, 0.1) is 0 Å². The summed E-state index contributed by atoms with van der Waals surface area (Å²) < 4.78 is 0. The van der Waals surface area contributed by atoms with Gasteiger partial charge in [0.15, 0.2) is 11.6 Å². The lowest BCUT2D eigenvalue weighted by atomic mass is 10.1. The number of hydrogen-bond donors (Lipinski definition) is 2. The molecule has 29 heavy (non-hydrogen) atoms. The number of anilines is 3. The Bertz CT molecular complexity index is 939. The zero-order valence-electron chi connectivity index (χ0n) is 17.1. The molecule has 0 atom stereocenters. The highest BCUT2D eigenvalue weighted by Crippen LogP contribution is 2.23. The lowest BCUT2D eigenvalue weighted by Crippen LogP contribution is -2.16. The molecule has 3 aromatic rings. The highest BCUT2D eigenvalue weighted by atomic mass is 16.1. The van der Waals surface area contributed by atoms with E-state index in [-0.39, 0.29) is 5.78 Å². The van der Waals surface area contributed by atoms with E-state index in [1.165, 1.54) is 0 Å². The van der Waals surface area contributed by atoms with Crippen molar-refractivity contribution in [3.8, 4) is 11.4 Å². The van der Waals surface area contributed by atoms with Crippen molar-refractivity contribution in [2.24, 2.45) is 0 Å². The Kier molecular flexibility index (Phi) is 6.92. The van der Waals surface area contributed by atoms with E-state index in [0.717, 1.165) is 36.6 Å². The highest BCUT2D eigenvalue weighted by Gasteiger charge is 2.08. The molecule has 0 saturated carbocycles. The van der Waals surface area contributed by atoms with Crippen molar-refractivity contribution >= 4 is 23.1 Å². The van der Waals surface area contributed by atoms with Crippen LogP contribution in [0.4, 0.5) is 17.3 Å². The number of aromatic nitrogens is 2. The topological polar surface area (TPSA) is 70.2 Å². The van der Waals surface area contributed by atoms with E-state index in [9.17, 15) is 4.79 Å². The number of benzene rings is 2. The number of Topliss-reactive ketones (excluding diaryl/α,β-unsaturated/α-hetero) is 1. The molecule has 0 fully saturated rings. The first kappa shape index (κ1) is 20.5. The van der Waals surface area contributed by atoms with E-state index >= 15 is 0 Å². The second-order valence-corrected chi connectivity index (χ2v) is 7.17. The van der Waals surface area contributed by atoms with Gasteiger partial charge in [0.05, 0.1) is 0 Å². The summed E-state index contributed by atoms with van der Waals surface area (Å²) in [6, 6.07) is 19.2. The minimum absolute atomic E-state index is 0.0501. The number of ketones is 1. The number of nitrogens with one attached hydrogen (secondary N) is 2. The lowest BCUT2D eigenvalue weighted by Gasteiger charge is -2.13. The van der Waals surface area contributed by atoms with Crippen molar-refractivity contribution in [2.45, 2.75) is 13.3 Å². The Labute approximate surface area is 172 Å². The molecule has 0 unspecified atom stereocenters. The van der Waals surface area contributed by atoms with Crippen molar-refractivity contribution in [3.05, 3.63) is 66.2 Å². The SMILES string of the molecule is CC(=O)c1ccc(Nc2cc(NCCCN(C)C)nc(-c3ccccc3)n2)cc1. The monoisotopic (exact) mass is 389 g/mol. The molecule has 6 heteroatoms. The molecule has 1 heterocycles. The standard InChI is InChI=1S/C23H27N5O/c1-17(29)18-10-12-20(13-11-18)25-22-16-21(24-14-7-15-28(2)3)26-23(27-22)19-8-5-4-6-9-19/h4-6,8-13,16H,7,14-15H2,1-3H3,(H2,24,25,26,27). The summed E-state index contributed by atoms with van der Waals surface area (Å²) in [5.74, 6) is 2.19. The summed E-state index contributed by atoms with van der Waals surface area (Å²) in [7, 11) is 4.13. The van der Waals surface area contributed by atoms with Crippen LogP contribution in [0.1, 0.15) is 23.7 Å². The van der Waals surface area contributed by atoms with Crippen molar-refractivity contribution < 1.29 is 4.79 Å². The smallest absolute Gasteiger partial charge is 0.163 e. The van der Waals surface area contributed by atoms with Crippen LogP contribution >= 0.6 is 0 Å². The molecule has 6 nitrogen and oxygen atoms in total. The van der Waals surface area contributed by atoms with Crippen LogP contribution in [-0.4, -0.2) is 47.8 Å². The van der Waals surface area contributed by atoms with Gasteiger partial charge in [0.2, 0.25) is 0 Å². The van der Waals surface area contributed by atoms with Crippen molar-refractivity contribution in [2.75, 3.05) is 37.8 Å². The lowest BCUT2D eigenvalue weighted by molar-refractivity contribution is 0.101. The molecule has 150 valence electrons. The second-order valence-electron chi connectivity index (χ2n) is 7.17. The van der Waals surface area contributed by atoms with Crippen molar-refractivity contribution in [1.29, 1.82) is 0 Å². The molecular formula is C23H27N5O. The minimum Gasteiger partial charge on any atom is -0.370 e. The summed E-state index contributed by atoms with van der Waals surface area (Å²) in [6.45, 7) is 3.40. The van der Waals surface area contributed by atoms with E-state index < -0.39 is 0 Å². The Morgan fingerprint density at radius 2 is 1.66 bits per heavy atom. The summed E-state index contributed by atoms with van der Waals surface area (Å²) >= 11 is 0. The fourth-order valence-electron chi connectivity index (χ4n) is 2.87. The van der Waals surface area contributed by atoms with E-state index in [2.05, 4.69) is 39.6 Å². The molecule has 0 bridgehead atoms. The summed E-state index contributed by atoms with van der Waals surface area (Å²) in [4.78, 5) is 23.0. The molecule has 0 aliphatic heterocycles. The van der Waals surface area contributed by atoms with Crippen LogP contribution in [0.3, 0.4) is 0 Å². The zero-order valence-corrected chi connectivity index (χ0v) is 17.1. The molecule has 2 aromatic carbocycles. The van der Waals surface area contributed by atoms with Gasteiger partial charge in [0.25, 0.3) is 0 Å². The Morgan fingerprint density at radius 1 is 0.966 bits per heavy atom. The van der Waals surface area contributed by atoms with Gasteiger partial charge in [0, 0.05) is 29.4 Å². The molecule has 2 N–H and O–H groups in total.